The van der Waals surface area contributed by atoms with Gasteiger partial charge in [-0.25, -0.2) is 9.18 Å². The summed E-state index contributed by atoms with van der Waals surface area (Å²) in [5.74, 6) is -0.643. The van der Waals surface area contributed by atoms with Crippen LogP contribution in [-0.2, 0) is 20.8 Å². The number of hydrogen-bond acceptors (Lipinski definition) is 3. The molecule has 0 saturated carbocycles. The van der Waals surface area contributed by atoms with Crippen molar-refractivity contribution in [2.24, 2.45) is 0 Å². The molecule has 0 bridgehead atoms. The number of carbonyl (C=O) groups excluding carboxylic acids is 2. The summed E-state index contributed by atoms with van der Waals surface area (Å²) < 4.78 is 12.9. The average Bonchev–Trinajstić information content (AvgIpc) is 2.47. The van der Waals surface area contributed by atoms with Crippen LogP contribution in [0, 0.1) is 18.2 Å². The van der Waals surface area contributed by atoms with Gasteiger partial charge in [0.15, 0.2) is 0 Å². The molecule has 0 radical (unpaired) electrons. The molecule has 0 aliphatic rings. The fourth-order valence-electron chi connectivity index (χ4n) is 1.90. The number of nitrogens with one attached hydrogen (secondary N) is 2. The highest BCUT2D eigenvalue weighted by Crippen LogP contribution is 2.07. The molecule has 1 rings (SSSR count). The zero-order valence-corrected chi connectivity index (χ0v) is 12.5. The molecule has 3 N–H and O–H groups in total. The Labute approximate surface area is 133 Å². The van der Waals surface area contributed by atoms with Crippen LogP contribution in [0.25, 0.3) is 0 Å². The molecule has 0 heterocycles. The van der Waals surface area contributed by atoms with Gasteiger partial charge in [0.25, 0.3) is 0 Å². The SMILES string of the molecule is C#CC[C@@H](NC(=O)[C@H](Cc1ccc(F)cc1)NC(C)=O)C(=O)O. The van der Waals surface area contributed by atoms with Crippen LogP contribution < -0.4 is 10.6 Å². The summed E-state index contributed by atoms with van der Waals surface area (Å²) in [6.07, 6.45) is 4.98. The standard InChI is InChI=1S/C16H17FN2O4/c1-3-4-13(16(22)23)19-15(21)14(18-10(2)20)9-11-5-7-12(17)8-6-11/h1,5-8,13-14H,4,9H2,2H3,(H,18,20)(H,19,21)(H,22,23)/t13-,14+/m1/s1. The number of aliphatic carboxylic acids is 1. The molecule has 1 aromatic rings. The topological polar surface area (TPSA) is 95.5 Å². The van der Waals surface area contributed by atoms with Crippen LogP contribution in [0.4, 0.5) is 4.39 Å². The van der Waals surface area contributed by atoms with Gasteiger partial charge in [0, 0.05) is 19.8 Å². The predicted molar refractivity (Wildman–Crippen MR) is 80.7 cm³/mol. The van der Waals surface area contributed by atoms with Crippen molar-refractivity contribution in [2.75, 3.05) is 0 Å². The van der Waals surface area contributed by atoms with Crippen LogP contribution in [0.3, 0.4) is 0 Å². The lowest BCUT2D eigenvalue weighted by atomic mass is 10.0. The van der Waals surface area contributed by atoms with Crippen molar-refractivity contribution >= 4 is 17.8 Å². The van der Waals surface area contributed by atoms with Crippen molar-refractivity contribution in [2.45, 2.75) is 31.8 Å². The number of carboxylic acid groups (broad SMARTS) is 1. The number of benzene rings is 1. The van der Waals surface area contributed by atoms with Crippen LogP contribution in [0.2, 0.25) is 0 Å². The van der Waals surface area contributed by atoms with Gasteiger partial charge in [0.1, 0.15) is 17.9 Å². The zero-order chi connectivity index (χ0) is 17.4. The summed E-state index contributed by atoms with van der Waals surface area (Å²) in [5, 5.41) is 13.7. The van der Waals surface area contributed by atoms with E-state index in [1.165, 1.54) is 31.2 Å². The molecule has 7 heteroatoms. The second-order valence-corrected chi connectivity index (χ2v) is 4.89. The second-order valence-electron chi connectivity index (χ2n) is 4.89. The van der Waals surface area contributed by atoms with E-state index in [2.05, 4.69) is 16.6 Å². The molecular formula is C16H17FN2O4. The summed E-state index contributed by atoms with van der Waals surface area (Å²) in [4.78, 5) is 34.5. The number of halogens is 1. The van der Waals surface area contributed by atoms with Crippen LogP contribution in [0.1, 0.15) is 18.9 Å². The second kappa shape index (κ2) is 8.54. The van der Waals surface area contributed by atoms with E-state index in [4.69, 9.17) is 11.5 Å². The van der Waals surface area contributed by atoms with Gasteiger partial charge in [-0.2, -0.15) is 0 Å². The van der Waals surface area contributed by atoms with Crippen LogP contribution >= 0.6 is 0 Å². The van der Waals surface area contributed by atoms with Gasteiger partial charge in [-0.15, -0.1) is 12.3 Å². The highest BCUT2D eigenvalue weighted by molar-refractivity contribution is 5.90. The predicted octanol–water partition coefficient (Wildman–Crippen LogP) is 0.466. The van der Waals surface area contributed by atoms with Crippen molar-refractivity contribution in [3.63, 3.8) is 0 Å². The largest absolute Gasteiger partial charge is 0.480 e. The Morgan fingerprint density at radius 3 is 2.30 bits per heavy atom. The summed E-state index contributed by atoms with van der Waals surface area (Å²) in [6, 6.07) is 3.20. The molecule has 0 aromatic heterocycles. The lowest BCUT2D eigenvalue weighted by Crippen LogP contribution is -2.52. The van der Waals surface area contributed by atoms with Crippen molar-refractivity contribution in [3.8, 4) is 12.3 Å². The first kappa shape index (κ1) is 18.2. The lowest BCUT2D eigenvalue weighted by Gasteiger charge is -2.20. The number of amides is 2. The fraction of sp³-hybridized carbons (Fsp3) is 0.312. The third kappa shape index (κ3) is 6.18. The number of rotatable bonds is 7. The molecule has 0 unspecified atom stereocenters. The monoisotopic (exact) mass is 320 g/mol. The number of carboxylic acids is 1. The van der Waals surface area contributed by atoms with Gasteiger partial charge in [-0.05, 0) is 17.7 Å². The normalized spacial score (nSPS) is 12.6. The van der Waals surface area contributed by atoms with Gasteiger partial charge < -0.3 is 15.7 Å². The maximum Gasteiger partial charge on any atom is 0.327 e. The number of hydrogen-bond donors (Lipinski definition) is 3. The highest BCUT2D eigenvalue weighted by Gasteiger charge is 2.25. The summed E-state index contributed by atoms with van der Waals surface area (Å²) in [7, 11) is 0. The molecule has 2 atom stereocenters. The van der Waals surface area contributed by atoms with Gasteiger partial charge >= 0.3 is 5.97 Å². The smallest absolute Gasteiger partial charge is 0.327 e. The third-order valence-corrected chi connectivity index (χ3v) is 2.98. The van der Waals surface area contributed by atoms with Crippen molar-refractivity contribution in [1.82, 2.24) is 10.6 Å². The molecule has 0 spiro atoms. The van der Waals surface area contributed by atoms with E-state index in [0.29, 0.717) is 5.56 Å². The minimum absolute atomic E-state index is 0.0914. The van der Waals surface area contributed by atoms with Crippen LogP contribution in [0.15, 0.2) is 24.3 Å². The van der Waals surface area contributed by atoms with Gasteiger partial charge in [-0.1, -0.05) is 12.1 Å². The molecule has 122 valence electrons. The molecule has 1 aromatic carbocycles. The molecule has 0 aliphatic carbocycles. The van der Waals surface area contributed by atoms with Gasteiger partial charge in [0.05, 0.1) is 0 Å². The zero-order valence-electron chi connectivity index (χ0n) is 12.5. The summed E-state index contributed by atoms with van der Waals surface area (Å²) >= 11 is 0. The maximum atomic E-state index is 12.9. The molecule has 2 amide bonds. The first-order valence-electron chi connectivity index (χ1n) is 6.81. The van der Waals surface area contributed by atoms with Crippen molar-refractivity contribution in [1.29, 1.82) is 0 Å². The van der Waals surface area contributed by atoms with Crippen molar-refractivity contribution < 1.29 is 23.9 Å². The van der Waals surface area contributed by atoms with E-state index in [9.17, 15) is 18.8 Å². The summed E-state index contributed by atoms with van der Waals surface area (Å²) in [5.41, 5.74) is 0.615. The Bertz CT molecular complexity index is 622. The van der Waals surface area contributed by atoms with Crippen molar-refractivity contribution in [3.05, 3.63) is 35.6 Å². The molecule has 0 aliphatic heterocycles. The Kier molecular flexibility index (Phi) is 6.74. The molecular weight excluding hydrogens is 303 g/mol. The molecule has 23 heavy (non-hydrogen) atoms. The fourth-order valence-corrected chi connectivity index (χ4v) is 1.90. The summed E-state index contributed by atoms with van der Waals surface area (Å²) in [6.45, 7) is 1.24. The van der Waals surface area contributed by atoms with Gasteiger partial charge in [-0.3, -0.25) is 9.59 Å². The average molecular weight is 320 g/mol. The maximum absolute atomic E-state index is 12.9. The first-order valence-corrected chi connectivity index (χ1v) is 6.81. The van der Waals surface area contributed by atoms with E-state index in [0.717, 1.165) is 0 Å². The van der Waals surface area contributed by atoms with Crippen LogP contribution in [0.5, 0.6) is 0 Å². The van der Waals surface area contributed by atoms with E-state index in [-0.39, 0.29) is 12.8 Å². The first-order chi connectivity index (χ1) is 10.8. The Morgan fingerprint density at radius 2 is 1.83 bits per heavy atom. The van der Waals surface area contributed by atoms with E-state index >= 15 is 0 Å². The Balaban J connectivity index is 2.85. The van der Waals surface area contributed by atoms with E-state index in [1.54, 1.807) is 0 Å². The van der Waals surface area contributed by atoms with Crippen LogP contribution in [-0.4, -0.2) is 35.0 Å². The Morgan fingerprint density at radius 1 is 1.22 bits per heavy atom. The number of carbonyl (C=O) groups is 3. The highest BCUT2D eigenvalue weighted by atomic mass is 19.1. The minimum Gasteiger partial charge on any atom is -0.480 e. The molecule has 6 nitrogen and oxygen atoms in total. The van der Waals surface area contributed by atoms with E-state index in [1.807, 2.05) is 0 Å². The quantitative estimate of drug-likeness (QED) is 0.636. The molecule has 0 fully saturated rings. The van der Waals surface area contributed by atoms with E-state index < -0.39 is 35.7 Å². The lowest BCUT2D eigenvalue weighted by molar-refractivity contribution is -0.142. The van der Waals surface area contributed by atoms with Gasteiger partial charge in [0.2, 0.25) is 11.8 Å². The molecule has 0 saturated heterocycles. The minimum atomic E-state index is -1.26. The third-order valence-electron chi connectivity index (χ3n) is 2.98. The Hall–Kier alpha value is -2.88. The number of terminal acetylenes is 1.